The molecule has 4 aliphatic rings. The van der Waals surface area contributed by atoms with E-state index in [1.807, 2.05) is 13.0 Å². The van der Waals surface area contributed by atoms with Crippen LogP contribution in [0.15, 0.2) is 18.3 Å². The Morgan fingerprint density at radius 3 is 2.89 bits per heavy atom. The Bertz CT molecular complexity index is 1260. The first-order chi connectivity index (χ1) is 18.3. The average molecular weight is 527 g/mol. The highest BCUT2D eigenvalue weighted by Crippen LogP contribution is 2.38. The molecule has 4 heterocycles. The van der Waals surface area contributed by atoms with Gasteiger partial charge in [0, 0.05) is 44.6 Å². The number of fused-ring (bicyclic) bond motifs is 2. The number of aromatic nitrogens is 2. The van der Waals surface area contributed by atoms with Crippen LogP contribution in [0, 0.1) is 11.7 Å². The third-order valence-electron chi connectivity index (χ3n) is 7.63. The van der Waals surface area contributed by atoms with Crippen LogP contribution in [0.1, 0.15) is 30.9 Å². The fourth-order valence-electron chi connectivity index (χ4n) is 5.74. The number of carbonyl (C=O) groups is 2. The van der Waals surface area contributed by atoms with Gasteiger partial charge in [0.15, 0.2) is 18.2 Å². The normalized spacial score (nSPS) is 22.9. The van der Waals surface area contributed by atoms with Crippen molar-refractivity contribution in [3.05, 3.63) is 35.3 Å². The minimum Gasteiger partial charge on any atom is -0.492 e. The SMILES string of the molecule is C[C@@H](N)COc1cc(F)c2c(c1)CC(CN1CCC3(CC1)CN(c1cnc4c(n1)NC(=O)CO4)C(=O)O3)C2. The quantitative estimate of drug-likeness (QED) is 0.579. The zero-order valence-electron chi connectivity index (χ0n) is 21.2. The number of piperidine rings is 1. The molecule has 2 amide bonds. The molecule has 0 radical (unpaired) electrons. The lowest BCUT2D eigenvalue weighted by Gasteiger charge is -2.38. The first kappa shape index (κ1) is 24.8. The summed E-state index contributed by atoms with van der Waals surface area (Å²) < 4.78 is 31.5. The molecule has 1 unspecified atom stereocenters. The fourth-order valence-corrected chi connectivity index (χ4v) is 5.74. The lowest BCUT2D eigenvalue weighted by Crippen LogP contribution is -2.48. The van der Waals surface area contributed by atoms with Gasteiger partial charge in [-0.3, -0.25) is 9.69 Å². The van der Waals surface area contributed by atoms with Crippen molar-refractivity contribution < 1.29 is 28.2 Å². The van der Waals surface area contributed by atoms with Gasteiger partial charge in [0.2, 0.25) is 0 Å². The van der Waals surface area contributed by atoms with E-state index in [0.717, 1.165) is 37.2 Å². The van der Waals surface area contributed by atoms with Gasteiger partial charge in [0.05, 0.1) is 12.7 Å². The van der Waals surface area contributed by atoms with Gasteiger partial charge >= 0.3 is 6.09 Å². The molecule has 2 atom stereocenters. The Morgan fingerprint density at radius 1 is 1.29 bits per heavy atom. The number of anilines is 2. The number of halogens is 1. The number of nitrogens with one attached hydrogen (secondary N) is 1. The van der Waals surface area contributed by atoms with E-state index < -0.39 is 11.7 Å². The Balaban J connectivity index is 1.05. The lowest BCUT2D eigenvalue weighted by molar-refractivity contribution is -0.118. The zero-order valence-corrected chi connectivity index (χ0v) is 21.2. The molecule has 1 aliphatic carbocycles. The summed E-state index contributed by atoms with van der Waals surface area (Å²) in [6, 6.07) is 3.29. The summed E-state index contributed by atoms with van der Waals surface area (Å²) in [5.74, 6) is 1.06. The van der Waals surface area contributed by atoms with Crippen molar-refractivity contribution in [1.29, 1.82) is 0 Å². The molecule has 6 rings (SSSR count). The summed E-state index contributed by atoms with van der Waals surface area (Å²) in [5, 5.41) is 2.61. The van der Waals surface area contributed by atoms with Crippen LogP contribution in [0.25, 0.3) is 0 Å². The highest BCUT2D eigenvalue weighted by atomic mass is 19.1. The number of rotatable bonds is 6. The van der Waals surface area contributed by atoms with Crippen LogP contribution in [-0.4, -0.2) is 77.9 Å². The Hall–Kier alpha value is -3.51. The number of ether oxygens (including phenoxy) is 3. The fraction of sp³-hybridized carbons (Fsp3) is 0.538. The first-order valence-electron chi connectivity index (χ1n) is 13.0. The second-order valence-electron chi connectivity index (χ2n) is 10.8. The van der Waals surface area contributed by atoms with Crippen LogP contribution in [0.3, 0.4) is 0 Å². The van der Waals surface area contributed by atoms with Gasteiger partial charge in [0.25, 0.3) is 11.8 Å². The summed E-state index contributed by atoms with van der Waals surface area (Å²) in [7, 11) is 0. The number of nitrogens with zero attached hydrogens (tertiary/aromatic N) is 4. The minimum atomic E-state index is -0.595. The molecule has 0 bridgehead atoms. The second kappa shape index (κ2) is 9.66. The topological polar surface area (TPSA) is 132 Å². The van der Waals surface area contributed by atoms with Crippen LogP contribution in [0.4, 0.5) is 20.8 Å². The molecule has 1 aromatic heterocycles. The minimum absolute atomic E-state index is 0.113. The van der Waals surface area contributed by atoms with Gasteiger partial charge in [-0.1, -0.05) is 0 Å². The molecule has 1 spiro atoms. The van der Waals surface area contributed by atoms with Crippen LogP contribution in [0.2, 0.25) is 0 Å². The largest absolute Gasteiger partial charge is 0.492 e. The van der Waals surface area contributed by atoms with Gasteiger partial charge in [0.1, 0.15) is 23.8 Å². The van der Waals surface area contributed by atoms with E-state index in [-0.39, 0.29) is 36.1 Å². The molecule has 202 valence electrons. The molecule has 2 saturated heterocycles. The maximum absolute atomic E-state index is 14.7. The van der Waals surface area contributed by atoms with E-state index >= 15 is 0 Å². The van der Waals surface area contributed by atoms with Crippen molar-refractivity contribution in [2.75, 3.05) is 49.6 Å². The zero-order chi connectivity index (χ0) is 26.4. The summed E-state index contributed by atoms with van der Waals surface area (Å²) in [5.41, 5.74) is 6.95. The monoisotopic (exact) mass is 526 g/mol. The summed E-state index contributed by atoms with van der Waals surface area (Å²) in [6.07, 6.45) is 3.88. The van der Waals surface area contributed by atoms with E-state index in [4.69, 9.17) is 19.9 Å². The molecular formula is C26H31FN6O5. The number of amides is 2. The van der Waals surface area contributed by atoms with Gasteiger partial charge in [-0.25, -0.2) is 19.2 Å². The second-order valence-corrected chi connectivity index (χ2v) is 10.8. The molecule has 0 saturated carbocycles. The molecule has 11 nitrogen and oxygen atoms in total. The van der Waals surface area contributed by atoms with Crippen molar-refractivity contribution >= 4 is 23.6 Å². The average Bonchev–Trinajstić information content (AvgIpc) is 3.44. The van der Waals surface area contributed by atoms with Crippen molar-refractivity contribution in [2.24, 2.45) is 11.7 Å². The van der Waals surface area contributed by atoms with Crippen LogP contribution >= 0.6 is 0 Å². The molecule has 12 heteroatoms. The van der Waals surface area contributed by atoms with E-state index in [0.29, 0.717) is 49.9 Å². The number of hydrogen-bond donors (Lipinski definition) is 2. The van der Waals surface area contributed by atoms with Crippen molar-refractivity contribution in [2.45, 2.75) is 44.2 Å². The van der Waals surface area contributed by atoms with Crippen LogP contribution < -0.4 is 25.4 Å². The predicted molar refractivity (Wildman–Crippen MR) is 135 cm³/mol. The lowest BCUT2D eigenvalue weighted by atomic mass is 9.90. The van der Waals surface area contributed by atoms with Gasteiger partial charge in [-0.05, 0) is 42.9 Å². The van der Waals surface area contributed by atoms with Crippen molar-refractivity contribution in [3.63, 3.8) is 0 Å². The highest BCUT2D eigenvalue weighted by molar-refractivity contribution is 5.94. The van der Waals surface area contributed by atoms with E-state index in [1.165, 1.54) is 17.2 Å². The van der Waals surface area contributed by atoms with E-state index in [1.54, 1.807) is 0 Å². The van der Waals surface area contributed by atoms with Crippen molar-refractivity contribution in [1.82, 2.24) is 14.9 Å². The molecule has 3 N–H and O–H groups in total. The predicted octanol–water partition coefficient (Wildman–Crippen LogP) is 1.88. The van der Waals surface area contributed by atoms with E-state index in [2.05, 4.69) is 20.2 Å². The van der Waals surface area contributed by atoms with Gasteiger partial charge in [-0.15, -0.1) is 0 Å². The summed E-state index contributed by atoms with van der Waals surface area (Å²) in [4.78, 5) is 36.8. The molecule has 2 aromatic rings. The molecule has 3 aliphatic heterocycles. The molecule has 2 fully saturated rings. The molecule has 1 aromatic carbocycles. The van der Waals surface area contributed by atoms with E-state index in [9.17, 15) is 14.0 Å². The number of carbonyl (C=O) groups excluding carboxylic acids is 2. The van der Waals surface area contributed by atoms with Crippen LogP contribution in [0.5, 0.6) is 11.6 Å². The maximum Gasteiger partial charge on any atom is 0.416 e. The third-order valence-corrected chi connectivity index (χ3v) is 7.63. The van der Waals surface area contributed by atoms with Crippen molar-refractivity contribution in [3.8, 4) is 11.6 Å². The third kappa shape index (κ3) is 4.85. The Kier molecular flexibility index (Phi) is 6.31. The molecular weight excluding hydrogens is 495 g/mol. The Morgan fingerprint density at radius 2 is 2.11 bits per heavy atom. The summed E-state index contributed by atoms with van der Waals surface area (Å²) >= 11 is 0. The number of nitrogens with two attached hydrogens (primary N) is 1. The van der Waals surface area contributed by atoms with Crippen LogP contribution in [-0.2, 0) is 22.4 Å². The smallest absolute Gasteiger partial charge is 0.416 e. The molecule has 38 heavy (non-hydrogen) atoms. The first-order valence-corrected chi connectivity index (χ1v) is 13.0. The number of benzene rings is 1. The standard InChI is InChI=1S/C26H31FN6O5/c1-15(28)12-36-18-8-17-6-16(7-19(17)20(27)9-18)11-32-4-2-26(3-5-32)14-33(25(35)38-26)21-10-29-24-23(30-21)31-22(34)13-37-24/h8-10,15-16H,2-7,11-14,28H2,1H3,(H,30,31,34)/t15-,16?/m1/s1. The number of likely N-dealkylation sites (tertiary alicyclic amines) is 1. The Labute approximate surface area is 219 Å². The highest BCUT2D eigenvalue weighted by Gasteiger charge is 2.48. The number of hydrogen-bond acceptors (Lipinski definition) is 9. The van der Waals surface area contributed by atoms with Gasteiger partial charge in [-0.2, -0.15) is 0 Å². The summed E-state index contributed by atoms with van der Waals surface area (Å²) in [6.45, 7) is 4.86. The van der Waals surface area contributed by atoms with Gasteiger partial charge < -0.3 is 30.2 Å². The maximum atomic E-state index is 14.7.